The molecule has 0 aliphatic rings. The highest BCUT2D eigenvalue weighted by molar-refractivity contribution is 7.14. The van der Waals surface area contributed by atoms with Crippen molar-refractivity contribution < 1.29 is 4.79 Å². The number of amides is 1. The summed E-state index contributed by atoms with van der Waals surface area (Å²) >= 11 is 1.55. The second kappa shape index (κ2) is 8.00. The monoisotopic (exact) mass is 407 g/mol. The highest BCUT2D eigenvalue weighted by atomic mass is 32.1. The summed E-state index contributed by atoms with van der Waals surface area (Å²) < 4.78 is 1.56. The Bertz CT molecular complexity index is 1240. The molecular formula is C21H21N5O2S. The van der Waals surface area contributed by atoms with Crippen LogP contribution in [0.25, 0.3) is 16.7 Å². The quantitative estimate of drug-likeness (QED) is 0.506. The van der Waals surface area contributed by atoms with Crippen LogP contribution in [0.15, 0.2) is 47.7 Å². The maximum atomic E-state index is 12.9. The molecule has 0 saturated heterocycles. The van der Waals surface area contributed by atoms with E-state index < -0.39 is 0 Å². The molecule has 0 aliphatic carbocycles. The molecule has 4 aromatic rings. The topological polar surface area (TPSA) is 92.7 Å². The zero-order chi connectivity index (χ0) is 20.4. The lowest BCUT2D eigenvalue weighted by atomic mass is 10.1. The van der Waals surface area contributed by atoms with Crippen molar-refractivity contribution in [1.82, 2.24) is 19.7 Å². The van der Waals surface area contributed by atoms with Crippen molar-refractivity contribution in [3.05, 3.63) is 68.5 Å². The maximum absolute atomic E-state index is 12.9. The number of nitrogens with zero attached hydrogens (tertiary/aromatic N) is 3. The fourth-order valence-electron chi connectivity index (χ4n) is 3.30. The van der Waals surface area contributed by atoms with Crippen LogP contribution in [0, 0.1) is 0 Å². The van der Waals surface area contributed by atoms with E-state index in [1.54, 1.807) is 16.0 Å². The number of aromatic amines is 1. The SMILES string of the molecule is CCCc1sc(C(=O)Nc2ccccc2-n2ncc3c(=O)[nH]cnc32)cc1CC. The second-order valence-corrected chi connectivity index (χ2v) is 7.80. The number of carbonyl (C=O) groups excluding carboxylic acids is 1. The Morgan fingerprint density at radius 2 is 2.10 bits per heavy atom. The molecule has 0 unspecified atom stereocenters. The van der Waals surface area contributed by atoms with Crippen molar-refractivity contribution in [3.8, 4) is 5.69 Å². The van der Waals surface area contributed by atoms with Crippen molar-refractivity contribution in [2.24, 2.45) is 0 Å². The summed E-state index contributed by atoms with van der Waals surface area (Å²) in [5, 5.41) is 7.70. The van der Waals surface area contributed by atoms with Gasteiger partial charge in [0.25, 0.3) is 11.5 Å². The number of rotatable bonds is 6. The van der Waals surface area contributed by atoms with Gasteiger partial charge in [-0.2, -0.15) is 5.10 Å². The smallest absolute Gasteiger partial charge is 0.265 e. The molecule has 3 heterocycles. The van der Waals surface area contributed by atoms with Gasteiger partial charge in [-0.15, -0.1) is 11.3 Å². The van der Waals surface area contributed by atoms with Crippen LogP contribution in [-0.4, -0.2) is 25.7 Å². The van der Waals surface area contributed by atoms with Crippen molar-refractivity contribution in [2.75, 3.05) is 5.32 Å². The molecule has 8 heteroatoms. The fourth-order valence-corrected chi connectivity index (χ4v) is 4.55. The van der Waals surface area contributed by atoms with Gasteiger partial charge in [-0.05, 0) is 36.6 Å². The molecule has 3 aromatic heterocycles. The summed E-state index contributed by atoms with van der Waals surface area (Å²) in [6.45, 7) is 4.25. The molecule has 148 valence electrons. The Morgan fingerprint density at radius 3 is 2.90 bits per heavy atom. The zero-order valence-corrected chi connectivity index (χ0v) is 17.0. The van der Waals surface area contributed by atoms with Crippen molar-refractivity contribution in [3.63, 3.8) is 0 Å². The average Bonchev–Trinajstić information content (AvgIpc) is 3.34. The van der Waals surface area contributed by atoms with E-state index in [-0.39, 0.29) is 11.5 Å². The first kappa shape index (κ1) is 19.1. The number of H-pyrrole nitrogens is 1. The Hall–Kier alpha value is -3.26. The number of anilines is 1. The molecule has 0 bridgehead atoms. The third kappa shape index (κ3) is 3.58. The van der Waals surface area contributed by atoms with E-state index >= 15 is 0 Å². The number of aryl methyl sites for hydroxylation is 2. The number of nitrogens with one attached hydrogen (secondary N) is 2. The molecule has 0 atom stereocenters. The molecule has 2 N–H and O–H groups in total. The van der Waals surface area contributed by atoms with Gasteiger partial charge in [0.05, 0.1) is 28.8 Å². The van der Waals surface area contributed by atoms with E-state index in [1.165, 1.54) is 23.0 Å². The Balaban J connectivity index is 1.70. The third-order valence-electron chi connectivity index (χ3n) is 4.73. The molecular weight excluding hydrogens is 386 g/mol. The van der Waals surface area contributed by atoms with E-state index in [1.807, 2.05) is 30.3 Å². The summed E-state index contributed by atoms with van der Waals surface area (Å²) in [6, 6.07) is 9.33. The largest absolute Gasteiger partial charge is 0.319 e. The number of thiophene rings is 1. The van der Waals surface area contributed by atoms with Gasteiger partial charge < -0.3 is 10.3 Å². The van der Waals surface area contributed by atoms with Crippen LogP contribution in [0.1, 0.15) is 40.4 Å². The highest BCUT2D eigenvalue weighted by Gasteiger charge is 2.17. The van der Waals surface area contributed by atoms with Crippen LogP contribution in [0.5, 0.6) is 0 Å². The minimum Gasteiger partial charge on any atom is -0.319 e. The number of para-hydroxylation sites is 2. The predicted octanol–water partition coefficient (Wildman–Crippen LogP) is 3.94. The van der Waals surface area contributed by atoms with E-state index in [9.17, 15) is 9.59 Å². The first-order valence-corrected chi connectivity index (χ1v) is 10.4. The number of fused-ring (bicyclic) bond motifs is 1. The van der Waals surface area contributed by atoms with Crippen LogP contribution in [-0.2, 0) is 12.8 Å². The summed E-state index contributed by atoms with van der Waals surface area (Å²) in [4.78, 5) is 33.7. The molecule has 1 aromatic carbocycles. The van der Waals surface area contributed by atoms with Gasteiger partial charge in [-0.25, -0.2) is 9.67 Å². The van der Waals surface area contributed by atoms with E-state index in [0.29, 0.717) is 27.3 Å². The second-order valence-electron chi connectivity index (χ2n) is 6.66. The lowest BCUT2D eigenvalue weighted by Gasteiger charge is -2.11. The van der Waals surface area contributed by atoms with Crippen LogP contribution < -0.4 is 10.9 Å². The molecule has 4 rings (SSSR count). The minimum absolute atomic E-state index is 0.151. The van der Waals surface area contributed by atoms with Gasteiger partial charge in [0.15, 0.2) is 5.65 Å². The standard InChI is InChI=1S/C21H21N5O2S/c1-3-7-17-13(4-2)10-18(29-17)21(28)25-15-8-5-6-9-16(15)26-19-14(11-24-26)20(27)23-12-22-19/h5-6,8-12H,3-4,7H2,1-2H3,(H,25,28)(H,22,23,27). The predicted molar refractivity (Wildman–Crippen MR) is 115 cm³/mol. The molecule has 0 fully saturated rings. The molecule has 0 aliphatic heterocycles. The molecule has 0 spiro atoms. The van der Waals surface area contributed by atoms with E-state index in [4.69, 9.17) is 0 Å². The molecule has 1 amide bonds. The van der Waals surface area contributed by atoms with Crippen LogP contribution >= 0.6 is 11.3 Å². The number of aromatic nitrogens is 4. The van der Waals surface area contributed by atoms with Gasteiger partial charge >= 0.3 is 0 Å². The zero-order valence-electron chi connectivity index (χ0n) is 16.2. The minimum atomic E-state index is -0.253. The van der Waals surface area contributed by atoms with Crippen LogP contribution in [0.3, 0.4) is 0 Å². The summed E-state index contributed by atoms with van der Waals surface area (Å²) in [5.74, 6) is -0.151. The molecule has 0 radical (unpaired) electrons. The summed E-state index contributed by atoms with van der Waals surface area (Å²) in [6.07, 6.45) is 5.77. The number of carbonyl (C=O) groups is 1. The lowest BCUT2D eigenvalue weighted by Crippen LogP contribution is -2.13. The van der Waals surface area contributed by atoms with Gasteiger partial charge in [-0.3, -0.25) is 9.59 Å². The Morgan fingerprint density at radius 1 is 1.28 bits per heavy atom. The molecule has 0 saturated carbocycles. The van der Waals surface area contributed by atoms with Crippen molar-refractivity contribution >= 4 is 34.0 Å². The third-order valence-corrected chi connectivity index (χ3v) is 5.97. The van der Waals surface area contributed by atoms with Crippen molar-refractivity contribution in [1.29, 1.82) is 0 Å². The number of hydrogen-bond acceptors (Lipinski definition) is 5. The summed E-state index contributed by atoms with van der Waals surface area (Å²) in [5.41, 5.74) is 2.67. The summed E-state index contributed by atoms with van der Waals surface area (Å²) in [7, 11) is 0. The van der Waals surface area contributed by atoms with Gasteiger partial charge in [-0.1, -0.05) is 32.4 Å². The fraction of sp³-hybridized carbons (Fsp3) is 0.238. The maximum Gasteiger partial charge on any atom is 0.265 e. The molecule has 7 nitrogen and oxygen atoms in total. The van der Waals surface area contributed by atoms with Gasteiger partial charge in [0.1, 0.15) is 5.39 Å². The van der Waals surface area contributed by atoms with Crippen molar-refractivity contribution in [2.45, 2.75) is 33.1 Å². The lowest BCUT2D eigenvalue weighted by molar-refractivity contribution is 0.103. The Labute approximate surface area is 171 Å². The van der Waals surface area contributed by atoms with E-state index in [0.717, 1.165) is 19.3 Å². The number of benzene rings is 1. The van der Waals surface area contributed by atoms with Crippen LogP contribution in [0.2, 0.25) is 0 Å². The van der Waals surface area contributed by atoms with Crippen LogP contribution in [0.4, 0.5) is 5.69 Å². The molecule has 29 heavy (non-hydrogen) atoms. The number of hydrogen-bond donors (Lipinski definition) is 2. The van der Waals surface area contributed by atoms with Gasteiger partial charge in [0.2, 0.25) is 0 Å². The van der Waals surface area contributed by atoms with Gasteiger partial charge in [0, 0.05) is 4.88 Å². The first-order chi connectivity index (χ1) is 14.1. The normalized spacial score (nSPS) is 11.1. The average molecular weight is 407 g/mol. The highest BCUT2D eigenvalue weighted by Crippen LogP contribution is 2.27. The van der Waals surface area contributed by atoms with E-state index in [2.05, 4.69) is 34.2 Å². The Kier molecular flexibility index (Phi) is 5.26. The first-order valence-electron chi connectivity index (χ1n) is 9.56.